The molecule has 1 unspecified atom stereocenters. The minimum Gasteiger partial charge on any atom is -0.320 e. The van der Waals surface area contributed by atoms with E-state index in [1.807, 2.05) is 7.05 Å². The zero-order chi connectivity index (χ0) is 9.52. The predicted octanol–water partition coefficient (Wildman–Crippen LogP) is 1.86. The maximum atomic E-state index is 3.23. The second-order valence-corrected chi connectivity index (χ2v) is 4.19. The van der Waals surface area contributed by atoms with Crippen LogP contribution in [0, 0.1) is 0 Å². The van der Waals surface area contributed by atoms with Gasteiger partial charge < -0.3 is 10.2 Å². The van der Waals surface area contributed by atoms with Gasteiger partial charge >= 0.3 is 0 Å². The fourth-order valence-corrected chi connectivity index (χ4v) is 2.07. The first-order chi connectivity index (χ1) is 6.34. The van der Waals surface area contributed by atoms with E-state index in [0.29, 0.717) is 0 Å². The monoisotopic (exact) mass is 184 g/mol. The molecule has 0 aromatic rings. The highest BCUT2D eigenvalue weighted by Crippen LogP contribution is 2.13. The average molecular weight is 184 g/mol. The lowest BCUT2D eigenvalue weighted by Crippen LogP contribution is -2.35. The molecule has 0 bridgehead atoms. The minimum atomic E-state index is 0.769. The highest BCUT2D eigenvalue weighted by Gasteiger charge is 2.14. The molecule has 0 aliphatic carbocycles. The topological polar surface area (TPSA) is 15.3 Å². The molecule has 1 rings (SSSR count). The van der Waals surface area contributed by atoms with Crippen LogP contribution in [0.4, 0.5) is 0 Å². The Labute approximate surface area is 82.7 Å². The number of likely N-dealkylation sites (tertiary alicyclic amines) is 1. The summed E-state index contributed by atoms with van der Waals surface area (Å²) in [4.78, 5) is 2.66. The lowest BCUT2D eigenvalue weighted by molar-refractivity contribution is 0.207. The summed E-state index contributed by atoms with van der Waals surface area (Å²) in [5, 5.41) is 3.23. The highest BCUT2D eigenvalue weighted by atomic mass is 15.1. The lowest BCUT2D eigenvalue weighted by atomic mass is 10.2. The van der Waals surface area contributed by atoms with Crippen molar-refractivity contribution in [2.75, 3.05) is 26.7 Å². The summed E-state index contributed by atoms with van der Waals surface area (Å²) in [5.41, 5.74) is 0. The van der Waals surface area contributed by atoms with E-state index >= 15 is 0 Å². The van der Waals surface area contributed by atoms with Crippen molar-refractivity contribution < 1.29 is 0 Å². The molecule has 1 heterocycles. The van der Waals surface area contributed by atoms with Crippen molar-refractivity contribution in [3.63, 3.8) is 0 Å². The van der Waals surface area contributed by atoms with Gasteiger partial charge in [0.05, 0.1) is 0 Å². The largest absolute Gasteiger partial charge is 0.320 e. The number of nitrogens with one attached hydrogen (secondary N) is 1. The molecule has 0 spiro atoms. The van der Waals surface area contributed by atoms with Crippen molar-refractivity contribution in [2.45, 2.75) is 45.1 Å². The third-order valence-electron chi connectivity index (χ3n) is 3.08. The molecule has 13 heavy (non-hydrogen) atoms. The SMILES string of the molecule is CNCCC(C)N1CCCCCC1. The van der Waals surface area contributed by atoms with Gasteiger partial charge in [-0.1, -0.05) is 12.8 Å². The standard InChI is InChI=1S/C11H24N2/c1-11(7-8-12-2)13-9-5-3-4-6-10-13/h11-12H,3-10H2,1-2H3. The Balaban J connectivity index is 2.22. The Morgan fingerprint density at radius 3 is 2.31 bits per heavy atom. The molecule has 0 radical (unpaired) electrons. The average Bonchev–Trinajstić information content (AvgIpc) is 2.42. The molecule has 78 valence electrons. The quantitative estimate of drug-likeness (QED) is 0.717. The summed E-state index contributed by atoms with van der Waals surface area (Å²) in [6.07, 6.45) is 6.98. The summed E-state index contributed by atoms with van der Waals surface area (Å²) in [7, 11) is 2.04. The fourth-order valence-electron chi connectivity index (χ4n) is 2.07. The second-order valence-electron chi connectivity index (χ2n) is 4.19. The van der Waals surface area contributed by atoms with Crippen LogP contribution >= 0.6 is 0 Å². The Morgan fingerprint density at radius 1 is 1.15 bits per heavy atom. The van der Waals surface area contributed by atoms with E-state index in [4.69, 9.17) is 0 Å². The number of hydrogen-bond donors (Lipinski definition) is 1. The van der Waals surface area contributed by atoms with Crippen LogP contribution in [0.15, 0.2) is 0 Å². The molecule has 0 amide bonds. The maximum absolute atomic E-state index is 3.23. The van der Waals surface area contributed by atoms with Crippen molar-refractivity contribution in [1.82, 2.24) is 10.2 Å². The Kier molecular flexibility index (Phi) is 5.40. The van der Waals surface area contributed by atoms with E-state index in [1.165, 1.54) is 45.2 Å². The van der Waals surface area contributed by atoms with Crippen LogP contribution in [0.1, 0.15) is 39.0 Å². The van der Waals surface area contributed by atoms with Crippen LogP contribution in [0.2, 0.25) is 0 Å². The molecule has 2 nitrogen and oxygen atoms in total. The Bertz CT molecular complexity index is 117. The second kappa shape index (κ2) is 6.39. The minimum absolute atomic E-state index is 0.769. The lowest BCUT2D eigenvalue weighted by Gasteiger charge is -2.27. The molecule has 0 saturated carbocycles. The summed E-state index contributed by atoms with van der Waals surface area (Å²) in [6.45, 7) is 6.16. The molecule has 1 aliphatic rings. The van der Waals surface area contributed by atoms with Crippen LogP contribution in [0.5, 0.6) is 0 Å². The van der Waals surface area contributed by atoms with Gasteiger partial charge in [-0.25, -0.2) is 0 Å². The zero-order valence-corrected chi connectivity index (χ0v) is 9.18. The van der Waals surface area contributed by atoms with E-state index in [1.54, 1.807) is 0 Å². The smallest absolute Gasteiger partial charge is 0.00790 e. The molecule has 1 N–H and O–H groups in total. The molecule has 1 aliphatic heterocycles. The van der Waals surface area contributed by atoms with Gasteiger partial charge in [0.25, 0.3) is 0 Å². The van der Waals surface area contributed by atoms with Crippen molar-refractivity contribution in [1.29, 1.82) is 0 Å². The number of nitrogens with zero attached hydrogens (tertiary/aromatic N) is 1. The van der Waals surface area contributed by atoms with Crippen molar-refractivity contribution in [3.05, 3.63) is 0 Å². The third-order valence-corrected chi connectivity index (χ3v) is 3.08. The maximum Gasteiger partial charge on any atom is 0.00790 e. The molecule has 1 saturated heterocycles. The Hall–Kier alpha value is -0.0800. The first-order valence-electron chi connectivity index (χ1n) is 5.73. The van der Waals surface area contributed by atoms with Crippen molar-refractivity contribution in [3.8, 4) is 0 Å². The van der Waals surface area contributed by atoms with E-state index in [2.05, 4.69) is 17.1 Å². The van der Waals surface area contributed by atoms with Gasteiger partial charge in [0.15, 0.2) is 0 Å². The molecule has 1 fully saturated rings. The molecular formula is C11H24N2. The summed E-state index contributed by atoms with van der Waals surface area (Å²) < 4.78 is 0. The molecule has 2 heteroatoms. The van der Waals surface area contributed by atoms with E-state index in [0.717, 1.165) is 12.6 Å². The predicted molar refractivity (Wildman–Crippen MR) is 58.0 cm³/mol. The van der Waals surface area contributed by atoms with Gasteiger partial charge in [-0.05, 0) is 52.9 Å². The normalized spacial score (nSPS) is 22.6. The molecule has 0 aromatic heterocycles. The third kappa shape index (κ3) is 4.10. The van der Waals surface area contributed by atoms with Gasteiger partial charge in [0.1, 0.15) is 0 Å². The number of hydrogen-bond acceptors (Lipinski definition) is 2. The van der Waals surface area contributed by atoms with E-state index in [-0.39, 0.29) is 0 Å². The highest BCUT2D eigenvalue weighted by molar-refractivity contribution is 4.70. The molecule has 1 atom stereocenters. The van der Waals surface area contributed by atoms with Crippen LogP contribution in [0.25, 0.3) is 0 Å². The van der Waals surface area contributed by atoms with Crippen molar-refractivity contribution >= 4 is 0 Å². The van der Waals surface area contributed by atoms with Crippen LogP contribution in [-0.4, -0.2) is 37.6 Å². The zero-order valence-electron chi connectivity index (χ0n) is 9.18. The summed E-state index contributed by atoms with van der Waals surface area (Å²) in [6, 6.07) is 0.769. The van der Waals surface area contributed by atoms with Crippen LogP contribution in [0.3, 0.4) is 0 Å². The van der Waals surface area contributed by atoms with Gasteiger partial charge in [-0.2, -0.15) is 0 Å². The summed E-state index contributed by atoms with van der Waals surface area (Å²) >= 11 is 0. The van der Waals surface area contributed by atoms with E-state index < -0.39 is 0 Å². The van der Waals surface area contributed by atoms with Crippen LogP contribution in [-0.2, 0) is 0 Å². The molecule has 0 aromatic carbocycles. The van der Waals surface area contributed by atoms with Crippen molar-refractivity contribution in [2.24, 2.45) is 0 Å². The fraction of sp³-hybridized carbons (Fsp3) is 1.00. The number of rotatable bonds is 4. The van der Waals surface area contributed by atoms with Crippen LogP contribution < -0.4 is 5.32 Å². The van der Waals surface area contributed by atoms with E-state index in [9.17, 15) is 0 Å². The Morgan fingerprint density at radius 2 is 1.77 bits per heavy atom. The van der Waals surface area contributed by atoms with Gasteiger partial charge in [-0.3, -0.25) is 0 Å². The first kappa shape index (κ1) is 11.0. The first-order valence-corrected chi connectivity index (χ1v) is 5.73. The van der Waals surface area contributed by atoms with Gasteiger partial charge in [0, 0.05) is 6.04 Å². The summed E-state index contributed by atoms with van der Waals surface area (Å²) in [5.74, 6) is 0. The molecular weight excluding hydrogens is 160 g/mol. The van der Waals surface area contributed by atoms with Gasteiger partial charge in [0.2, 0.25) is 0 Å². The van der Waals surface area contributed by atoms with Gasteiger partial charge in [-0.15, -0.1) is 0 Å².